The van der Waals surface area contributed by atoms with Crippen LogP contribution in [-0.4, -0.2) is 13.2 Å². The van der Waals surface area contributed by atoms with Crippen molar-refractivity contribution >= 4 is 24.0 Å². The molecule has 0 saturated heterocycles. The van der Waals surface area contributed by atoms with Crippen LogP contribution in [0, 0.1) is 5.92 Å². The normalized spacial score (nSPS) is 10.5. The maximum absolute atomic E-state index is 6.12. The number of para-hydroxylation sites is 1. The molecule has 26 heavy (non-hydrogen) atoms. The Bertz CT molecular complexity index is 645. The molecule has 2 rings (SSSR count). The van der Waals surface area contributed by atoms with Gasteiger partial charge in [0.2, 0.25) is 0 Å². The minimum Gasteiger partial charge on any atom is -0.490 e. The van der Waals surface area contributed by atoms with Gasteiger partial charge in [-0.25, -0.2) is 0 Å². The SMILES string of the molecule is CCOc1cccc(CNCCC(C)C)c1OCc1ccc(Cl)cc1.Cl. The first-order valence-electron chi connectivity index (χ1n) is 8.92. The lowest BCUT2D eigenvalue weighted by Gasteiger charge is -2.17. The van der Waals surface area contributed by atoms with E-state index in [9.17, 15) is 0 Å². The van der Waals surface area contributed by atoms with Crippen LogP contribution in [0.15, 0.2) is 42.5 Å². The number of ether oxygens (including phenoxy) is 2. The Hall–Kier alpha value is -1.42. The molecule has 3 nitrogen and oxygen atoms in total. The van der Waals surface area contributed by atoms with Gasteiger partial charge in [-0.05, 0) is 49.6 Å². The van der Waals surface area contributed by atoms with E-state index in [2.05, 4.69) is 25.2 Å². The van der Waals surface area contributed by atoms with Crippen molar-refractivity contribution in [3.05, 3.63) is 58.6 Å². The molecular weight excluding hydrogens is 369 g/mol. The Labute approximate surface area is 168 Å². The number of rotatable bonds is 10. The predicted octanol–water partition coefficient (Wildman–Crippen LogP) is 5.88. The molecule has 0 bridgehead atoms. The van der Waals surface area contributed by atoms with E-state index in [0.717, 1.165) is 47.2 Å². The Morgan fingerprint density at radius 2 is 1.77 bits per heavy atom. The van der Waals surface area contributed by atoms with Crippen LogP contribution in [-0.2, 0) is 13.2 Å². The number of hydrogen-bond acceptors (Lipinski definition) is 3. The fraction of sp³-hybridized carbons (Fsp3) is 0.429. The summed E-state index contributed by atoms with van der Waals surface area (Å²) in [6.45, 7) is 9.31. The average molecular weight is 398 g/mol. The zero-order valence-electron chi connectivity index (χ0n) is 15.8. The van der Waals surface area contributed by atoms with Gasteiger partial charge in [0.15, 0.2) is 11.5 Å². The second-order valence-corrected chi connectivity index (χ2v) is 6.89. The van der Waals surface area contributed by atoms with Crippen LogP contribution in [0.5, 0.6) is 11.5 Å². The molecule has 0 radical (unpaired) electrons. The molecule has 1 N–H and O–H groups in total. The molecule has 0 atom stereocenters. The van der Waals surface area contributed by atoms with E-state index < -0.39 is 0 Å². The van der Waals surface area contributed by atoms with Gasteiger partial charge in [0.25, 0.3) is 0 Å². The molecule has 5 heteroatoms. The van der Waals surface area contributed by atoms with E-state index in [0.29, 0.717) is 19.1 Å². The summed E-state index contributed by atoms with van der Waals surface area (Å²) in [4.78, 5) is 0. The van der Waals surface area contributed by atoms with Gasteiger partial charge >= 0.3 is 0 Å². The van der Waals surface area contributed by atoms with Gasteiger partial charge in [0.05, 0.1) is 6.61 Å². The van der Waals surface area contributed by atoms with Crippen LogP contribution in [0.1, 0.15) is 38.3 Å². The van der Waals surface area contributed by atoms with E-state index in [1.807, 2.05) is 43.3 Å². The van der Waals surface area contributed by atoms with Gasteiger partial charge in [-0.2, -0.15) is 0 Å². The summed E-state index contributed by atoms with van der Waals surface area (Å²) in [5, 5.41) is 4.23. The van der Waals surface area contributed by atoms with E-state index in [1.54, 1.807) is 0 Å². The number of halogens is 2. The summed E-state index contributed by atoms with van der Waals surface area (Å²) in [6.07, 6.45) is 1.16. The fourth-order valence-electron chi connectivity index (χ4n) is 2.48. The van der Waals surface area contributed by atoms with Gasteiger partial charge < -0.3 is 14.8 Å². The molecule has 0 aromatic heterocycles. The Morgan fingerprint density at radius 1 is 1.04 bits per heavy atom. The second kappa shape index (κ2) is 12.1. The highest BCUT2D eigenvalue weighted by Crippen LogP contribution is 2.32. The monoisotopic (exact) mass is 397 g/mol. The lowest BCUT2D eigenvalue weighted by Crippen LogP contribution is -2.17. The zero-order valence-corrected chi connectivity index (χ0v) is 17.3. The molecular formula is C21H29Cl2NO2. The summed E-state index contributed by atoms with van der Waals surface area (Å²) >= 11 is 5.94. The molecule has 0 aliphatic heterocycles. The quantitative estimate of drug-likeness (QED) is 0.508. The van der Waals surface area contributed by atoms with Crippen molar-refractivity contribution in [2.45, 2.75) is 40.3 Å². The maximum Gasteiger partial charge on any atom is 0.166 e. The molecule has 2 aromatic rings. The van der Waals surface area contributed by atoms with E-state index in [4.69, 9.17) is 21.1 Å². The molecule has 144 valence electrons. The smallest absolute Gasteiger partial charge is 0.166 e. The lowest BCUT2D eigenvalue weighted by atomic mass is 10.1. The standard InChI is InChI=1S/C21H28ClNO2.ClH/c1-4-24-20-7-5-6-18(14-23-13-12-16(2)3)21(20)25-15-17-8-10-19(22)11-9-17;/h5-11,16,23H,4,12-15H2,1-3H3;1H. The van der Waals surface area contributed by atoms with Crippen molar-refractivity contribution in [1.29, 1.82) is 0 Å². The Kier molecular flexibility index (Phi) is 10.5. The number of nitrogens with one attached hydrogen (secondary N) is 1. The summed E-state index contributed by atoms with van der Waals surface area (Å²) < 4.78 is 11.9. The van der Waals surface area contributed by atoms with E-state index in [1.165, 1.54) is 0 Å². The van der Waals surface area contributed by atoms with Crippen LogP contribution >= 0.6 is 24.0 Å². The molecule has 0 spiro atoms. The maximum atomic E-state index is 6.12. The summed E-state index contributed by atoms with van der Waals surface area (Å²) in [5.41, 5.74) is 2.19. The third-order valence-corrected chi connectivity index (χ3v) is 4.12. The van der Waals surface area contributed by atoms with Crippen molar-refractivity contribution in [2.75, 3.05) is 13.2 Å². The highest BCUT2D eigenvalue weighted by atomic mass is 35.5. The van der Waals surface area contributed by atoms with Crippen molar-refractivity contribution in [2.24, 2.45) is 5.92 Å². The minimum absolute atomic E-state index is 0. The largest absolute Gasteiger partial charge is 0.490 e. The fourth-order valence-corrected chi connectivity index (χ4v) is 2.61. The molecule has 2 aromatic carbocycles. The molecule has 0 fully saturated rings. The highest BCUT2D eigenvalue weighted by Gasteiger charge is 2.11. The Balaban J connectivity index is 0.00000338. The third-order valence-electron chi connectivity index (χ3n) is 3.87. The van der Waals surface area contributed by atoms with Gasteiger partial charge in [0.1, 0.15) is 6.61 Å². The molecule has 0 aliphatic rings. The van der Waals surface area contributed by atoms with Crippen LogP contribution < -0.4 is 14.8 Å². The molecule has 0 saturated carbocycles. The first kappa shape index (κ1) is 22.6. The van der Waals surface area contributed by atoms with Crippen LogP contribution in [0.25, 0.3) is 0 Å². The summed E-state index contributed by atoms with van der Waals surface area (Å²) in [6, 6.07) is 13.8. The van der Waals surface area contributed by atoms with Crippen molar-refractivity contribution in [1.82, 2.24) is 5.32 Å². The molecule has 0 heterocycles. The second-order valence-electron chi connectivity index (χ2n) is 6.45. The molecule has 0 aliphatic carbocycles. The number of benzene rings is 2. The van der Waals surface area contributed by atoms with Crippen molar-refractivity contribution < 1.29 is 9.47 Å². The van der Waals surface area contributed by atoms with Gasteiger partial charge in [-0.1, -0.05) is 49.7 Å². The summed E-state index contributed by atoms with van der Waals surface area (Å²) in [7, 11) is 0. The first-order chi connectivity index (χ1) is 12.1. The highest BCUT2D eigenvalue weighted by molar-refractivity contribution is 6.30. The van der Waals surface area contributed by atoms with Crippen LogP contribution in [0.4, 0.5) is 0 Å². The Morgan fingerprint density at radius 3 is 2.42 bits per heavy atom. The number of hydrogen-bond donors (Lipinski definition) is 1. The summed E-state index contributed by atoms with van der Waals surface area (Å²) in [5.74, 6) is 2.30. The third kappa shape index (κ3) is 7.45. The average Bonchev–Trinajstić information content (AvgIpc) is 2.59. The lowest BCUT2D eigenvalue weighted by molar-refractivity contribution is 0.266. The zero-order chi connectivity index (χ0) is 18.1. The van der Waals surface area contributed by atoms with Gasteiger partial charge in [-0.3, -0.25) is 0 Å². The van der Waals surface area contributed by atoms with Gasteiger partial charge in [0, 0.05) is 17.1 Å². The topological polar surface area (TPSA) is 30.5 Å². The molecule has 0 unspecified atom stereocenters. The first-order valence-corrected chi connectivity index (χ1v) is 9.30. The van der Waals surface area contributed by atoms with E-state index >= 15 is 0 Å². The predicted molar refractivity (Wildman–Crippen MR) is 112 cm³/mol. The van der Waals surface area contributed by atoms with Crippen molar-refractivity contribution in [3.63, 3.8) is 0 Å². The van der Waals surface area contributed by atoms with Gasteiger partial charge in [-0.15, -0.1) is 12.4 Å². The van der Waals surface area contributed by atoms with E-state index in [-0.39, 0.29) is 12.4 Å². The van der Waals surface area contributed by atoms with Crippen LogP contribution in [0.3, 0.4) is 0 Å². The molecule has 0 amide bonds. The van der Waals surface area contributed by atoms with Crippen LogP contribution in [0.2, 0.25) is 5.02 Å². The van der Waals surface area contributed by atoms with Crippen molar-refractivity contribution in [3.8, 4) is 11.5 Å². The minimum atomic E-state index is 0.